The molecule has 0 aliphatic carbocycles. The van der Waals surface area contributed by atoms with Crippen LogP contribution in [0, 0.1) is 17.8 Å². The van der Waals surface area contributed by atoms with Gasteiger partial charge in [0.15, 0.2) is 0 Å². The molecule has 1 spiro atoms. The van der Waals surface area contributed by atoms with Crippen LogP contribution in [0.5, 0.6) is 0 Å². The predicted molar refractivity (Wildman–Crippen MR) is 141 cm³/mol. The van der Waals surface area contributed by atoms with Gasteiger partial charge in [-0.05, 0) is 32.1 Å². The van der Waals surface area contributed by atoms with Crippen LogP contribution in [0.25, 0.3) is 0 Å². The second kappa shape index (κ2) is 10.5. The molecule has 0 aromatic heterocycles. The first kappa shape index (κ1) is 27.8. The summed E-state index contributed by atoms with van der Waals surface area (Å²) in [6.45, 7) is 13.3. The minimum Gasteiger partial charge on any atom is -0.394 e. The van der Waals surface area contributed by atoms with E-state index in [0.717, 1.165) is 19.3 Å². The van der Waals surface area contributed by atoms with Crippen molar-refractivity contribution in [3.63, 3.8) is 0 Å². The highest BCUT2D eigenvalue weighted by Crippen LogP contribution is 2.59. The van der Waals surface area contributed by atoms with Gasteiger partial charge in [0.05, 0.1) is 30.1 Å². The van der Waals surface area contributed by atoms with E-state index in [0.29, 0.717) is 26.1 Å². The fourth-order valence-electron chi connectivity index (χ4n) is 7.19. The Hall–Kier alpha value is -2.19. The number of carbonyl (C=O) groups excluding carboxylic acids is 3. The first-order chi connectivity index (χ1) is 17.6. The van der Waals surface area contributed by atoms with Crippen LogP contribution in [0.15, 0.2) is 24.3 Å². The van der Waals surface area contributed by atoms with Crippen molar-refractivity contribution in [3.8, 4) is 0 Å². The van der Waals surface area contributed by atoms with Gasteiger partial charge in [-0.2, -0.15) is 0 Å². The van der Waals surface area contributed by atoms with Crippen molar-refractivity contribution in [2.75, 3.05) is 26.2 Å². The smallest absolute Gasteiger partial charge is 0.249 e. The second-order valence-electron chi connectivity index (χ2n) is 11.6. The lowest BCUT2D eigenvalue weighted by Crippen LogP contribution is -2.60. The van der Waals surface area contributed by atoms with Crippen LogP contribution >= 0.6 is 0 Å². The number of rotatable bonds is 9. The molecule has 0 radical (unpaired) electrons. The van der Waals surface area contributed by atoms with E-state index in [1.54, 1.807) is 4.90 Å². The summed E-state index contributed by atoms with van der Waals surface area (Å²) in [5.41, 5.74) is -2.24. The molecule has 1 N–H and O–H groups in total. The zero-order chi connectivity index (χ0) is 27.1. The molecule has 3 amide bonds. The molecule has 2 saturated heterocycles. The van der Waals surface area contributed by atoms with Gasteiger partial charge in [0.2, 0.25) is 17.7 Å². The monoisotopic (exact) mass is 515 g/mol. The third kappa shape index (κ3) is 4.15. The lowest BCUT2D eigenvalue weighted by atomic mass is 9.73. The van der Waals surface area contributed by atoms with Crippen LogP contribution in [-0.4, -0.2) is 93.1 Å². The highest BCUT2D eigenvalue weighted by molar-refractivity contribution is 6.00. The lowest BCUT2D eigenvalue weighted by molar-refractivity contribution is -0.159. The zero-order valence-corrected chi connectivity index (χ0v) is 23.4. The Morgan fingerprint density at radius 3 is 2.27 bits per heavy atom. The normalized spacial score (nSPS) is 35.0. The maximum Gasteiger partial charge on any atom is 0.249 e. The molecule has 2 fully saturated rings. The van der Waals surface area contributed by atoms with Crippen LogP contribution in [0.2, 0.25) is 0 Å². The van der Waals surface area contributed by atoms with Gasteiger partial charge in [0, 0.05) is 25.7 Å². The summed E-state index contributed by atoms with van der Waals surface area (Å²) in [7, 11) is 0. The van der Waals surface area contributed by atoms with Crippen molar-refractivity contribution >= 4 is 17.7 Å². The maximum absolute atomic E-state index is 14.5. The third-order valence-corrected chi connectivity index (χ3v) is 9.04. The molecular formula is C29H45N3O5. The number of aliphatic hydroxyl groups excluding tert-OH is 1. The van der Waals surface area contributed by atoms with E-state index < -0.39 is 35.1 Å². The Bertz CT molecular complexity index is 963. The van der Waals surface area contributed by atoms with E-state index in [1.165, 1.54) is 0 Å². The van der Waals surface area contributed by atoms with E-state index in [1.807, 2.05) is 68.7 Å². The second-order valence-corrected chi connectivity index (χ2v) is 11.6. The molecule has 206 valence electrons. The molecular weight excluding hydrogens is 470 g/mol. The van der Waals surface area contributed by atoms with Gasteiger partial charge >= 0.3 is 0 Å². The van der Waals surface area contributed by atoms with Gasteiger partial charge in [-0.3, -0.25) is 14.4 Å². The molecule has 37 heavy (non-hydrogen) atoms. The molecule has 8 heteroatoms. The summed E-state index contributed by atoms with van der Waals surface area (Å²) in [5.74, 6) is -2.15. The molecule has 2 unspecified atom stereocenters. The molecule has 8 nitrogen and oxygen atoms in total. The summed E-state index contributed by atoms with van der Waals surface area (Å²) in [6.07, 6.45) is 10.9. The van der Waals surface area contributed by atoms with Crippen LogP contribution in [0.3, 0.4) is 0 Å². The average molecular weight is 516 g/mol. The van der Waals surface area contributed by atoms with E-state index in [-0.39, 0.29) is 36.3 Å². The van der Waals surface area contributed by atoms with Crippen molar-refractivity contribution in [1.82, 2.24) is 14.7 Å². The lowest BCUT2D eigenvalue weighted by Gasteiger charge is -2.42. The van der Waals surface area contributed by atoms with Gasteiger partial charge in [0.25, 0.3) is 0 Å². The van der Waals surface area contributed by atoms with E-state index in [2.05, 4.69) is 6.92 Å². The molecule has 4 heterocycles. The Labute approximate surface area is 221 Å². The fourth-order valence-corrected chi connectivity index (χ4v) is 7.19. The average Bonchev–Trinajstić information content (AvgIpc) is 3.15. The standard InChI is InChI=1S/C29H45N3O5/c1-7-12-20(6)31-17-11-14-29-23(26(35)32(24(29)27(31)36)21(18-33)19(4)5)22-25(34)30(15-8-2)16-10-13-28(22,9-3)37-29/h10-11,13-14,19-24,33H,7-9,12,15-18H2,1-6H3/t20?,21-,22+,23-,24?,28-,29-/m0/s1. The molecule has 0 aromatic rings. The number of hydrogen-bond acceptors (Lipinski definition) is 5. The van der Waals surface area contributed by atoms with Gasteiger partial charge < -0.3 is 24.5 Å². The topological polar surface area (TPSA) is 90.4 Å². The number of likely N-dealkylation sites (tertiary alicyclic amines) is 1. The van der Waals surface area contributed by atoms with E-state index >= 15 is 0 Å². The Balaban J connectivity index is 1.91. The van der Waals surface area contributed by atoms with Crippen LogP contribution in [0.1, 0.15) is 67.2 Å². The summed E-state index contributed by atoms with van der Waals surface area (Å²) in [4.78, 5) is 48.3. The van der Waals surface area contributed by atoms with Crippen molar-refractivity contribution in [2.24, 2.45) is 17.8 Å². The zero-order valence-electron chi connectivity index (χ0n) is 23.4. The van der Waals surface area contributed by atoms with Crippen LogP contribution in [0.4, 0.5) is 0 Å². The first-order valence-corrected chi connectivity index (χ1v) is 14.2. The van der Waals surface area contributed by atoms with Crippen molar-refractivity contribution in [1.29, 1.82) is 0 Å². The highest BCUT2D eigenvalue weighted by Gasteiger charge is 2.76. The quantitative estimate of drug-likeness (QED) is 0.477. The fraction of sp³-hybridized carbons (Fsp3) is 0.759. The number of amides is 3. The molecule has 7 atom stereocenters. The predicted octanol–water partition coefficient (Wildman–Crippen LogP) is 2.76. The molecule has 0 aromatic carbocycles. The first-order valence-electron chi connectivity index (χ1n) is 14.2. The minimum absolute atomic E-state index is 0.00600. The van der Waals surface area contributed by atoms with Crippen molar-refractivity contribution in [2.45, 2.75) is 96.6 Å². The van der Waals surface area contributed by atoms with E-state index in [4.69, 9.17) is 4.74 Å². The Kier molecular flexibility index (Phi) is 7.92. The molecule has 4 aliphatic rings. The Morgan fingerprint density at radius 1 is 0.973 bits per heavy atom. The van der Waals surface area contributed by atoms with Gasteiger partial charge in [-0.25, -0.2) is 0 Å². The number of nitrogens with zero attached hydrogens (tertiary/aromatic N) is 3. The van der Waals surface area contributed by atoms with Crippen molar-refractivity contribution in [3.05, 3.63) is 24.3 Å². The number of hydrogen-bond donors (Lipinski definition) is 1. The van der Waals surface area contributed by atoms with Gasteiger partial charge in [-0.15, -0.1) is 0 Å². The summed E-state index contributed by atoms with van der Waals surface area (Å²) in [6, 6.07) is -1.49. The van der Waals surface area contributed by atoms with Crippen molar-refractivity contribution < 1.29 is 24.2 Å². The molecule has 4 aliphatic heterocycles. The summed E-state index contributed by atoms with van der Waals surface area (Å²) < 4.78 is 7.00. The minimum atomic E-state index is -1.27. The largest absolute Gasteiger partial charge is 0.394 e. The van der Waals surface area contributed by atoms with Crippen LogP contribution < -0.4 is 0 Å². The summed E-state index contributed by atoms with van der Waals surface area (Å²) >= 11 is 0. The summed E-state index contributed by atoms with van der Waals surface area (Å²) in [5, 5.41) is 10.4. The number of carbonyl (C=O) groups is 3. The van der Waals surface area contributed by atoms with Crippen LogP contribution in [-0.2, 0) is 19.1 Å². The van der Waals surface area contributed by atoms with E-state index in [9.17, 15) is 19.5 Å². The highest BCUT2D eigenvalue weighted by atomic mass is 16.5. The number of ether oxygens (including phenoxy) is 1. The molecule has 0 saturated carbocycles. The maximum atomic E-state index is 14.5. The number of fused-ring (bicyclic) bond motifs is 2. The SMILES string of the molecule is CCCC(C)N1CC=C[C@]23O[C@@]4(CC)C=CCN(CCC)C(=O)[C@H]4[C@H]2C(=O)N([C@@H](CO)C(C)C)C3C1=O. The molecule has 4 rings (SSSR count). The number of aliphatic hydroxyl groups is 1. The van der Waals surface area contributed by atoms with Gasteiger partial charge in [0.1, 0.15) is 11.6 Å². The molecule has 0 bridgehead atoms. The van der Waals surface area contributed by atoms with Gasteiger partial charge in [-0.1, -0.05) is 65.3 Å². The Morgan fingerprint density at radius 2 is 1.68 bits per heavy atom. The third-order valence-electron chi connectivity index (χ3n) is 9.04.